The smallest absolute Gasteiger partial charge is 0.158 e. The van der Waals surface area contributed by atoms with Crippen LogP contribution in [0.5, 0.6) is 0 Å². The third-order valence-electron chi connectivity index (χ3n) is 9.96. The van der Waals surface area contributed by atoms with Crippen LogP contribution in [0.2, 0.25) is 0 Å². The van der Waals surface area contributed by atoms with Gasteiger partial charge in [0.2, 0.25) is 0 Å². The Bertz CT molecular complexity index is 1240. The molecular weight excluding hydrogens is 568 g/mol. The fourth-order valence-corrected chi connectivity index (χ4v) is 7.43. The summed E-state index contributed by atoms with van der Waals surface area (Å²) in [7, 11) is 0. The van der Waals surface area contributed by atoms with Crippen LogP contribution in [0.25, 0.3) is 0 Å². The zero-order valence-corrected chi connectivity index (χ0v) is 30.9. The van der Waals surface area contributed by atoms with Gasteiger partial charge in [-0.3, -0.25) is 19.2 Å². The van der Waals surface area contributed by atoms with E-state index in [-0.39, 0.29) is 58.1 Å². The van der Waals surface area contributed by atoms with E-state index in [9.17, 15) is 19.2 Å². The molecule has 0 aliphatic heterocycles. The molecule has 5 unspecified atom stereocenters. The van der Waals surface area contributed by atoms with Gasteiger partial charge in [-0.2, -0.15) is 0 Å². The van der Waals surface area contributed by atoms with E-state index in [4.69, 9.17) is 0 Å². The molecule has 256 valence electrons. The highest BCUT2D eigenvalue weighted by Crippen LogP contribution is 2.49. The van der Waals surface area contributed by atoms with Crippen LogP contribution in [-0.4, -0.2) is 23.1 Å². The van der Waals surface area contributed by atoms with Crippen molar-refractivity contribution in [3.8, 4) is 0 Å². The minimum atomic E-state index is -0.433. The summed E-state index contributed by atoms with van der Waals surface area (Å²) in [5, 5.41) is 0. The fraction of sp³-hybridized carbons (Fsp3) is 0.667. The van der Waals surface area contributed by atoms with Crippen molar-refractivity contribution in [2.24, 2.45) is 39.9 Å². The number of carbonyl (C=O) groups is 4. The molecule has 0 N–H and O–H groups in total. The third-order valence-corrected chi connectivity index (χ3v) is 9.96. The topological polar surface area (TPSA) is 68.3 Å². The normalized spacial score (nSPS) is 20.0. The Hall–Kier alpha value is -2.62. The van der Waals surface area contributed by atoms with Gasteiger partial charge >= 0.3 is 0 Å². The number of ketones is 4. The molecule has 0 radical (unpaired) electrons. The van der Waals surface area contributed by atoms with Gasteiger partial charge in [-0.1, -0.05) is 125 Å². The van der Waals surface area contributed by atoms with Crippen molar-refractivity contribution in [3.05, 3.63) is 60.2 Å². The first-order valence-electron chi connectivity index (χ1n) is 17.7. The quantitative estimate of drug-likeness (QED) is 0.119. The minimum absolute atomic E-state index is 0.00398. The molecule has 0 heterocycles. The van der Waals surface area contributed by atoms with Gasteiger partial charge in [0.05, 0.1) is 0 Å². The Balaban J connectivity index is 2.14. The Morgan fingerprint density at radius 3 is 2.00 bits per heavy atom. The van der Waals surface area contributed by atoms with E-state index in [2.05, 4.69) is 53.0 Å². The van der Waals surface area contributed by atoms with Crippen molar-refractivity contribution in [2.75, 3.05) is 0 Å². The molecule has 0 aromatic heterocycles. The minimum Gasteiger partial charge on any atom is -0.300 e. The lowest BCUT2D eigenvalue weighted by molar-refractivity contribution is -0.138. The molecule has 0 amide bonds. The number of hydrogen-bond acceptors (Lipinski definition) is 4. The first-order chi connectivity index (χ1) is 21.1. The predicted octanol–water partition coefficient (Wildman–Crippen LogP) is 10.7. The van der Waals surface area contributed by atoms with Crippen LogP contribution in [0.1, 0.15) is 145 Å². The average molecular weight is 633 g/mol. The first-order valence-corrected chi connectivity index (χ1v) is 17.7. The zero-order valence-electron chi connectivity index (χ0n) is 30.9. The van der Waals surface area contributed by atoms with Gasteiger partial charge in [-0.25, -0.2) is 0 Å². The maximum atomic E-state index is 14.3. The molecule has 1 saturated carbocycles. The molecule has 0 saturated heterocycles. The van der Waals surface area contributed by atoms with Gasteiger partial charge in [0.25, 0.3) is 0 Å². The molecular formula is C42H64O4. The molecule has 1 aliphatic carbocycles. The Labute approximate surface area is 281 Å². The van der Waals surface area contributed by atoms with Gasteiger partial charge in [0.15, 0.2) is 5.78 Å². The first kappa shape index (κ1) is 39.6. The molecule has 5 atom stereocenters. The SMILES string of the molecule is C=C(CCC(=O)C(=C)C(CCC)CC(=O)C1CC(C)(C)CC1C(=O)C(CC(=O)CC(C)(C)C)C(C)(C)C)CC(C)c1ccccc1. The predicted molar refractivity (Wildman–Crippen MR) is 192 cm³/mol. The molecule has 0 spiro atoms. The zero-order chi connectivity index (χ0) is 35.0. The number of allylic oxidation sites excluding steroid dienone is 2. The van der Waals surface area contributed by atoms with Crippen molar-refractivity contribution < 1.29 is 19.2 Å². The Morgan fingerprint density at radius 2 is 1.46 bits per heavy atom. The van der Waals surface area contributed by atoms with Crippen LogP contribution in [0.3, 0.4) is 0 Å². The summed E-state index contributed by atoms with van der Waals surface area (Å²) in [5.41, 5.74) is 2.16. The van der Waals surface area contributed by atoms with Gasteiger partial charge in [-0.05, 0) is 71.3 Å². The summed E-state index contributed by atoms with van der Waals surface area (Å²) in [4.78, 5) is 54.8. The van der Waals surface area contributed by atoms with Crippen molar-refractivity contribution in [3.63, 3.8) is 0 Å². The third kappa shape index (κ3) is 12.2. The number of rotatable bonds is 18. The fourth-order valence-electron chi connectivity index (χ4n) is 7.43. The van der Waals surface area contributed by atoms with Gasteiger partial charge in [0.1, 0.15) is 17.3 Å². The van der Waals surface area contributed by atoms with E-state index < -0.39 is 17.8 Å². The molecule has 1 aliphatic rings. The number of carbonyl (C=O) groups excluding carboxylic acids is 4. The molecule has 46 heavy (non-hydrogen) atoms. The number of hydrogen-bond donors (Lipinski definition) is 0. The second-order valence-corrected chi connectivity index (χ2v) is 17.5. The summed E-state index contributed by atoms with van der Waals surface area (Å²) in [5.74, 6) is -0.902. The van der Waals surface area contributed by atoms with E-state index in [0.717, 1.165) is 18.4 Å². The molecule has 1 aromatic carbocycles. The lowest BCUT2D eigenvalue weighted by Gasteiger charge is -2.33. The highest BCUT2D eigenvalue weighted by atomic mass is 16.1. The average Bonchev–Trinajstić information content (AvgIpc) is 3.28. The monoisotopic (exact) mass is 632 g/mol. The molecule has 0 bridgehead atoms. The molecule has 4 heteroatoms. The van der Waals surface area contributed by atoms with E-state index >= 15 is 0 Å². The second-order valence-electron chi connectivity index (χ2n) is 17.5. The van der Waals surface area contributed by atoms with Crippen molar-refractivity contribution in [2.45, 2.75) is 139 Å². The molecule has 4 nitrogen and oxygen atoms in total. The van der Waals surface area contributed by atoms with E-state index in [1.165, 1.54) is 5.56 Å². The lowest BCUT2D eigenvalue weighted by atomic mass is 9.69. The van der Waals surface area contributed by atoms with Crippen LogP contribution in [-0.2, 0) is 19.2 Å². The van der Waals surface area contributed by atoms with Crippen LogP contribution < -0.4 is 0 Å². The van der Waals surface area contributed by atoms with Crippen molar-refractivity contribution in [1.29, 1.82) is 0 Å². The van der Waals surface area contributed by atoms with E-state index in [1.54, 1.807) is 0 Å². The van der Waals surface area contributed by atoms with Gasteiger partial charge in [0, 0.05) is 43.4 Å². The standard InChI is InChI=1S/C42H64O4/c1-13-17-32(30(4)37(44)21-20-28(2)22-29(3)31-18-15-14-16-19-31)23-38(45)34-26-42(11,12)27-35(34)39(46)36(41(8,9)10)24-33(43)25-40(5,6)7/h14-16,18-19,29,32,34-36H,2,4,13,17,20-27H2,1,3,5-12H3. The molecule has 1 aromatic rings. The molecule has 1 fully saturated rings. The summed E-state index contributed by atoms with van der Waals surface area (Å²) in [6.45, 7) is 29.2. The van der Waals surface area contributed by atoms with Crippen LogP contribution in [0, 0.1) is 39.9 Å². The largest absolute Gasteiger partial charge is 0.300 e. The van der Waals surface area contributed by atoms with Crippen LogP contribution in [0.15, 0.2) is 54.6 Å². The summed E-state index contributed by atoms with van der Waals surface area (Å²) >= 11 is 0. The Morgan fingerprint density at radius 1 is 0.870 bits per heavy atom. The maximum absolute atomic E-state index is 14.3. The lowest BCUT2D eigenvalue weighted by Crippen LogP contribution is -2.38. The summed E-state index contributed by atoms with van der Waals surface area (Å²) in [6, 6.07) is 10.3. The van der Waals surface area contributed by atoms with Crippen LogP contribution >= 0.6 is 0 Å². The Kier molecular flexibility index (Phi) is 14.2. The number of Topliss-reactive ketones (excluding diaryl/α,β-unsaturated/α-hetero) is 4. The molecule has 2 rings (SSSR count). The summed E-state index contributed by atoms with van der Waals surface area (Å²) < 4.78 is 0. The van der Waals surface area contributed by atoms with Crippen LogP contribution in [0.4, 0.5) is 0 Å². The van der Waals surface area contributed by atoms with Gasteiger partial charge < -0.3 is 0 Å². The van der Waals surface area contributed by atoms with E-state index in [1.807, 2.05) is 59.7 Å². The van der Waals surface area contributed by atoms with Gasteiger partial charge in [-0.15, -0.1) is 0 Å². The maximum Gasteiger partial charge on any atom is 0.158 e. The summed E-state index contributed by atoms with van der Waals surface area (Å²) in [6.07, 6.45) is 5.50. The van der Waals surface area contributed by atoms with E-state index in [0.29, 0.717) is 50.0 Å². The van der Waals surface area contributed by atoms with Crippen molar-refractivity contribution in [1.82, 2.24) is 0 Å². The highest BCUT2D eigenvalue weighted by Gasteiger charge is 2.49. The number of benzene rings is 1. The second kappa shape index (κ2) is 16.5. The highest BCUT2D eigenvalue weighted by molar-refractivity contribution is 5.97. The van der Waals surface area contributed by atoms with Crippen molar-refractivity contribution >= 4 is 23.1 Å².